The summed E-state index contributed by atoms with van der Waals surface area (Å²) in [4.78, 5) is 0. The van der Waals surface area contributed by atoms with Crippen molar-refractivity contribution in [2.45, 2.75) is 0 Å². The van der Waals surface area contributed by atoms with E-state index in [2.05, 4.69) is 10.2 Å². The van der Waals surface area contributed by atoms with Gasteiger partial charge in [-0.1, -0.05) is 41.4 Å². The van der Waals surface area contributed by atoms with Gasteiger partial charge in [0, 0.05) is 10.6 Å². The molecule has 0 atom stereocenters. The third-order valence-electron chi connectivity index (χ3n) is 2.60. The molecule has 0 aliphatic heterocycles. The van der Waals surface area contributed by atoms with E-state index in [1.807, 2.05) is 30.3 Å². The van der Waals surface area contributed by atoms with Gasteiger partial charge in [-0.3, -0.25) is 0 Å². The number of aromatic nitrogens is 2. The lowest BCUT2D eigenvalue weighted by molar-refractivity contribution is 0.584. The van der Waals surface area contributed by atoms with Crippen LogP contribution in [-0.4, -0.2) is 10.2 Å². The van der Waals surface area contributed by atoms with Crippen LogP contribution in [0.4, 0.5) is 0 Å². The second-order valence-electron chi connectivity index (χ2n) is 3.90. The number of hydrogen-bond donors (Lipinski definition) is 0. The van der Waals surface area contributed by atoms with Gasteiger partial charge in [-0.2, -0.15) is 0 Å². The number of hydrogen-bond acceptors (Lipinski definition) is 3. The van der Waals surface area contributed by atoms with Crippen LogP contribution in [0, 0.1) is 0 Å². The second kappa shape index (κ2) is 5.03. The molecule has 0 saturated heterocycles. The second-order valence-corrected chi connectivity index (χ2v) is 4.75. The molecule has 3 rings (SSSR count). The lowest BCUT2D eigenvalue weighted by Crippen LogP contribution is -1.78. The average molecular weight is 291 g/mol. The third kappa shape index (κ3) is 2.48. The van der Waals surface area contributed by atoms with Crippen LogP contribution in [0.1, 0.15) is 0 Å². The molecule has 0 saturated carbocycles. The average Bonchev–Trinajstić information content (AvgIpc) is 2.89. The van der Waals surface area contributed by atoms with Gasteiger partial charge in [-0.05, 0) is 30.3 Å². The SMILES string of the molecule is Clc1cccc(-c2nnc(-c3ccccc3Cl)o2)c1. The summed E-state index contributed by atoms with van der Waals surface area (Å²) in [5, 5.41) is 9.21. The first-order chi connectivity index (χ1) is 9.24. The van der Waals surface area contributed by atoms with Gasteiger partial charge in [-0.15, -0.1) is 10.2 Å². The Hall–Kier alpha value is -1.84. The Morgan fingerprint density at radius 2 is 1.63 bits per heavy atom. The minimum atomic E-state index is 0.389. The number of benzene rings is 2. The first kappa shape index (κ1) is 12.2. The summed E-state index contributed by atoms with van der Waals surface area (Å²) < 4.78 is 5.63. The molecule has 5 heteroatoms. The fourth-order valence-corrected chi connectivity index (χ4v) is 2.11. The predicted octanol–water partition coefficient (Wildman–Crippen LogP) is 4.71. The zero-order valence-electron chi connectivity index (χ0n) is 9.68. The van der Waals surface area contributed by atoms with Gasteiger partial charge in [0.05, 0.1) is 10.6 Å². The molecule has 1 aromatic heterocycles. The van der Waals surface area contributed by atoms with Crippen molar-refractivity contribution in [1.82, 2.24) is 10.2 Å². The highest BCUT2D eigenvalue weighted by molar-refractivity contribution is 6.33. The van der Waals surface area contributed by atoms with Crippen molar-refractivity contribution in [2.24, 2.45) is 0 Å². The summed E-state index contributed by atoms with van der Waals surface area (Å²) in [7, 11) is 0. The van der Waals surface area contributed by atoms with Crippen LogP contribution in [0.3, 0.4) is 0 Å². The topological polar surface area (TPSA) is 38.9 Å². The van der Waals surface area contributed by atoms with Crippen LogP contribution in [0.25, 0.3) is 22.9 Å². The highest BCUT2D eigenvalue weighted by Crippen LogP contribution is 2.29. The largest absolute Gasteiger partial charge is 0.416 e. The number of nitrogens with zero attached hydrogens (tertiary/aromatic N) is 2. The highest BCUT2D eigenvalue weighted by Gasteiger charge is 2.12. The van der Waals surface area contributed by atoms with Crippen molar-refractivity contribution in [1.29, 1.82) is 0 Å². The molecule has 0 spiro atoms. The lowest BCUT2D eigenvalue weighted by Gasteiger charge is -1.97. The maximum Gasteiger partial charge on any atom is 0.249 e. The summed E-state index contributed by atoms with van der Waals surface area (Å²) in [6.45, 7) is 0. The Morgan fingerprint density at radius 1 is 0.842 bits per heavy atom. The summed E-state index contributed by atoms with van der Waals surface area (Å²) in [6.07, 6.45) is 0. The van der Waals surface area contributed by atoms with E-state index in [9.17, 15) is 0 Å². The number of halogens is 2. The molecule has 0 unspecified atom stereocenters. The standard InChI is InChI=1S/C14H8Cl2N2O/c15-10-5-3-4-9(8-10)13-17-18-14(19-13)11-6-1-2-7-12(11)16/h1-8H. The van der Waals surface area contributed by atoms with Crippen LogP contribution >= 0.6 is 23.2 Å². The molecule has 3 nitrogen and oxygen atoms in total. The molecule has 0 N–H and O–H groups in total. The van der Waals surface area contributed by atoms with Gasteiger partial charge in [0.2, 0.25) is 11.8 Å². The Kier molecular flexibility index (Phi) is 3.23. The van der Waals surface area contributed by atoms with Crippen molar-refractivity contribution >= 4 is 23.2 Å². The summed E-state index contributed by atoms with van der Waals surface area (Å²) in [5.74, 6) is 0.804. The van der Waals surface area contributed by atoms with E-state index in [1.165, 1.54) is 0 Å². The van der Waals surface area contributed by atoms with Crippen molar-refractivity contribution in [3.63, 3.8) is 0 Å². The van der Waals surface area contributed by atoms with E-state index in [4.69, 9.17) is 27.6 Å². The Bertz CT molecular complexity index is 725. The van der Waals surface area contributed by atoms with Crippen LogP contribution in [-0.2, 0) is 0 Å². The smallest absolute Gasteiger partial charge is 0.249 e. The molecule has 0 fully saturated rings. The maximum atomic E-state index is 6.09. The lowest BCUT2D eigenvalue weighted by atomic mass is 10.2. The van der Waals surface area contributed by atoms with E-state index in [0.29, 0.717) is 27.4 Å². The first-order valence-electron chi connectivity index (χ1n) is 5.58. The Labute approximate surface area is 119 Å². The Balaban J connectivity index is 2.03. The van der Waals surface area contributed by atoms with Crippen LogP contribution < -0.4 is 0 Å². The fourth-order valence-electron chi connectivity index (χ4n) is 1.70. The van der Waals surface area contributed by atoms with E-state index in [1.54, 1.807) is 18.2 Å². The van der Waals surface area contributed by atoms with Crippen molar-refractivity contribution in [3.8, 4) is 22.9 Å². The maximum absolute atomic E-state index is 6.09. The summed E-state index contributed by atoms with van der Waals surface area (Å²) in [6, 6.07) is 14.6. The monoisotopic (exact) mass is 290 g/mol. The third-order valence-corrected chi connectivity index (χ3v) is 3.17. The van der Waals surface area contributed by atoms with Gasteiger partial charge < -0.3 is 4.42 Å². The van der Waals surface area contributed by atoms with Crippen molar-refractivity contribution in [2.75, 3.05) is 0 Å². The van der Waals surface area contributed by atoms with E-state index < -0.39 is 0 Å². The fraction of sp³-hybridized carbons (Fsp3) is 0. The molecule has 94 valence electrons. The van der Waals surface area contributed by atoms with Crippen LogP contribution in [0.2, 0.25) is 10.0 Å². The van der Waals surface area contributed by atoms with E-state index in [-0.39, 0.29) is 0 Å². The summed E-state index contributed by atoms with van der Waals surface area (Å²) >= 11 is 12.0. The van der Waals surface area contributed by atoms with Gasteiger partial charge >= 0.3 is 0 Å². The van der Waals surface area contributed by atoms with Crippen molar-refractivity contribution in [3.05, 3.63) is 58.6 Å². The van der Waals surface area contributed by atoms with E-state index >= 15 is 0 Å². The molecule has 19 heavy (non-hydrogen) atoms. The normalized spacial score (nSPS) is 10.6. The molecule has 2 aromatic carbocycles. The first-order valence-corrected chi connectivity index (χ1v) is 6.34. The molecular weight excluding hydrogens is 283 g/mol. The molecule has 1 heterocycles. The minimum Gasteiger partial charge on any atom is -0.416 e. The molecule has 0 aliphatic carbocycles. The number of rotatable bonds is 2. The molecule has 0 amide bonds. The molecule has 0 bridgehead atoms. The van der Waals surface area contributed by atoms with Gasteiger partial charge in [0.1, 0.15) is 0 Å². The van der Waals surface area contributed by atoms with Gasteiger partial charge in [0.15, 0.2) is 0 Å². The van der Waals surface area contributed by atoms with Gasteiger partial charge in [0.25, 0.3) is 0 Å². The molecule has 0 radical (unpaired) electrons. The molecule has 0 aliphatic rings. The molecule has 3 aromatic rings. The zero-order valence-corrected chi connectivity index (χ0v) is 11.2. The minimum absolute atomic E-state index is 0.389. The van der Waals surface area contributed by atoms with E-state index in [0.717, 1.165) is 5.56 Å². The summed E-state index contributed by atoms with van der Waals surface area (Å²) in [5.41, 5.74) is 1.49. The van der Waals surface area contributed by atoms with Gasteiger partial charge in [-0.25, -0.2) is 0 Å². The van der Waals surface area contributed by atoms with Crippen molar-refractivity contribution < 1.29 is 4.42 Å². The zero-order chi connectivity index (χ0) is 13.2. The predicted molar refractivity (Wildman–Crippen MR) is 75.2 cm³/mol. The Morgan fingerprint density at radius 3 is 2.42 bits per heavy atom. The molecular formula is C14H8Cl2N2O. The van der Waals surface area contributed by atoms with Crippen LogP contribution in [0.5, 0.6) is 0 Å². The van der Waals surface area contributed by atoms with Crippen LogP contribution in [0.15, 0.2) is 52.9 Å². The highest BCUT2D eigenvalue weighted by atomic mass is 35.5. The quantitative estimate of drug-likeness (QED) is 0.686.